The number of aromatic nitrogens is 1. The van der Waals surface area contributed by atoms with Crippen LogP contribution in [0.4, 0.5) is 8.78 Å². The minimum atomic E-state index is -2.69. The van der Waals surface area contributed by atoms with Crippen LogP contribution in [-0.4, -0.2) is 34.8 Å². The highest BCUT2D eigenvalue weighted by Gasteiger charge is 2.45. The first-order valence-corrected chi connectivity index (χ1v) is 4.61. The van der Waals surface area contributed by atoms with Gasteiger partial charge in [-0.25, -0.2) is 8.78 Å². The Morgan fingerprint density at radius 2 is 2.27 bits per heavy atom. The van der Waals surface area contributed by atoms with Gasteiger partial charge in [0.25, 0.3) is 5.92 Å². The Kier molecular flexibility index (Phi) is 2.38. The molecule has 2 rings (SSSR count). The molecule has 1 aromatic heterocycles. The SMILES string of the molecule is O=C(Cc1cccnc1)N1CC(F)(F)C1. The number of hydrogen-bond donors (Lipinski definition) is 0. The van der Waals surface area contributed by atoms with Crippen molar-refractivity contribution in [2.24, 2.45) is 0 Å². The molecule has 1 saturated heterocycles. The Morgan fingerprint density at radius 1 is 1.53 bits per heavy atom. The van der Waals surface area contributed by atoms with Gasteiger partial charge in [0.2, 0.25) is 5.91 Å². The molecule has 0 radical (unpaired) electrons. The summed E-state index contributed by atoms with van der Waals surface area (Å²) in [6, 6.07) is 3.47. The van der Waals surface area contributed by atoms with Gasteiger partial charge in [-0.15, -0.1) is 0 Å². The molecule has 1 aliphatic rings. The van der Waals surface area contributed by atoms with E-state index in [9.17, 15) is 13.6 Å². The van der Waals surface area contributed by atoms with E-state index in [4.69, 9.17) is 0 Å². The van der Waals surface area contributed by atoms with Crippen LogP contribution in [0.5, 0.6) is 0 Å². The standard InChI is InChI=1S/C10H10F2N2O/c11-10(12)6-14(7-10)9(15)4-8-2-1-3-13-5-8/h1-3,5H,4,6-7H2. The Morgan fingerprint density at radius 3 is 2.80 bits per heavy atom. The molecule has 0 aliphatic carbocycles. The lowest BCUT2D eigenvalue weighted by molar-refractivity contribution is -0.165. The number of carbonyl (C=O) groups excluding carboxylic acids is 1. The van der Waals surface area contributed by atoms with Gasteiger partial charge in [0.1, 0.15) is 0 Å². The van der Waals surface area contributed by atoms with Crippen molar-refractivity contribution in [1.82, 2.24) is 9.88 Å². The van der Waals surface area contributed by atoms with Crippen LogP contribution in [0, 0.1) is 0 Å². The van der Waals surface area contributed by atoms with E-state index in [0.717, 1.165) is 10.5 Å². The second-order valence-electron chi connectivity index (χ2n) is 3.64. The minimum absolute atomic E-state index is 0.143. The Hall–Kier alpha value is -1.52. The van der Waals surface area contributed by atoms with Crippen LogP contribution in [0.3, 0.4) is 0 Å². The van der Waals surface area contributed by atoms with Gasteiger partial charge in [-0.3, -0.25) is 9.78 Å². The number of amides is 1. The molecule has 0 bridgehead atoms. The molecule has 15 heavy (non-hydrogen) atoms. The summed E-state index contributed by atoms with van der Waals surface area (Å²) in [6.07, 6.45) is 3.31. The molecule has 0 unspecified atom stereocenters. The Bertz CT molecular complexity index is 359. The van der Waals surface area contributed by atoms with Crippen molar-refractivity contribution < 1.29 is 13.6 Å². The van der Waals surface area contributed by atoms with E-state index in [0.29, 0.717) is 0 Å². The van der Waals surface area contributed by atoms with E-state index >= 15 is 0 Å². The fourth-order valence-corrected chi connectivity index (χ4v) is 1.48. The van der Waals surface area contributed by atoms with Gasteiger partial charge >= 0.3 is 0 Å². The van der Waals surface area contributed by atoms with Crippen LogP contribution in [0.2, 0.25) is 0 Å². The third-order valence-electron chi connectivity index (χ3n) is 2.28. The maximum absolute atomic E-state index is 12.5. The third-order valence-corrected chi connectivity index (χ3v) is 2.28. The van der Waals surface area contributed by atoms with E-state index < -0.39 is 19.0 Å². The van der Waals surface area contributed by atoms with Crippen LogP contribution in [0.25, 0.3) is 0 Å². The molecule has 0 saturated carbocycles. The zero-order valence-electron chi connectivity index (χ0n) is 7.99. The molecule has 5 heteroatoms. The van der Waals surface area contributed by atoms with Crippen LogP contribution in [0.1, 0.15) is 5.56 Å². The van der Waals surface area contributed by atoms with E-state index in [2.05, 4.69) is 4.98 Å². The van der Waals surface area contributed by atoms with Gasteiger partial charge in [0.15, 0.2) is 0 Å². The summed E-state index contributed by atoms with van der Waals surface area (Å²) in [7, 11) is 0. The molecule has 80 valence electrons. The Labute approximate surface area is 85.7 Å². The molecule has 1 fully saturated rings. The maximum Gasteiger partial charge on any atom is 0.282 e. The number of carbonyl (C=O) groups is 1. The summed E-state index contributed by atoms with van der Waals surface area (Å²) >= 11 is 0. The van der Waals surface area contributed by atoms with Crippen LogP contribution in [-0.2, 0) is 11.2 Å². The normalized spacial score (nSPS) is 18.4. The van der Waals surface area contributed by atoms with Crippen LogP contribution < -0.4 is 0 Å². The first-order valence-electron chi connectivity index (χ1n) is 4.61. The topological polar surface area (TPSA) is 33.2 Å². The van der Waals surface area contributed by atoms with Crippen molar-refractivity contribution in [2.75, 3.05) is 13.1 Å². The van der Waals surface area contributed by atoms with Crippen molar-refractivity contribution >= 4 is 5.91 Å². The third kappa shape index (κ3) is 2.29. The lowest BCUT2D eigenvalue weighted by Crippen LogP contribution is -2.58. The number of rotatable bonds is 2. The number of alkyl halides is 2. The van der Waals surface area contributed by atoms with Gasteiger partial charge in [-0.1, -0.05) is 6.07 Å². The summed E-state index contributed by atoms with van der Waals surface area (Å²) in [5.74, 6) is -2.96. The Balaban J connectivity index is 1.89. The average molecular weight is 212 g/mol. The van der Waals surface area contributed by atoms with E-state index in [-0.39, 0.29) is 12.3 Å². The molecule has 1 amide bonds. The number of likely N-dealkylation sites (tertiary alicyclic amines) is 1. The van der Waals surface area contributed by atoms with E-state index in [1.54, 1.807) is 24.5 Å². The van der Waals surface area contributed by atoms with Gasteiger partial charge in [-0.05, 0) is 11.6 Å². The van der Waals surface area contributed by atoms with Crippen molar-refractivity contribution in [3.05, 3.63) is 30.1 Å². The largest absolute Gasteiger partial charge is 0.330 e. The summed E-state index contributed by atoms with van der Waals surface area (Å²) in [4.78, 5) is 16.5. The first kappa shape index (κ1) is 10.0. The predicted molar refractivity (Wildman–Crippen MR) is 49.5 cm³/mol. The fraction of sp³-hybridized carbons (Fsp3) is 0.400. The lowest BCUT2D eigenvalue weighted by atomic mass is 10.1. The number of pyridine rings is 1. The van der Waals surface area contributed by atoms with E-state index in [1.807, 2.05) is 0 Å². The van der Waals surface area contributed by atoms with Crippen molar-refractivity contribution in [3.8, 4) is 0 Å². The predicted octanol–water partition coefficient (Wildman–Crippen LogP) is 1.10. The molecule has 1 aromatic rings. The van der Waals surface area contributed by atoms with Gasteiger partial charge in [-0.2, -0.15) is 0 Å². The van der Waals surface area contributed by atoms with Crippen LogP contribution in [0.15, 0.2) is 24.5 Å². The second kappa shape index (κ2) is 3.56. The molecular weight excluding hydrogens is 202 g/mol. The van der Waals surface area contributed by atoms with Gasteiger partial charge < -0.3 is 4.90 Å². The molecule has 2 heterocycles. The lowest BCUT2D eigenvalue weighted by Gasteiger charge is -2.38. The summed E-state index contributed by atoms with van der Waals surface area (Å²) in [6.45, 7) is -0.905. The van der Waals surface area contributed by atoms with Gasteiger partial charge in [0, 0.05) is 12.4 Å². The number of hydrogen-bond acceptors (Lipinski definition) is 2. The quantitative estimate of drug-likeness (QED) is 0.735. The number of halogens is 2. The monoisotopic (exact) mass is 212 g/mol. The molecule has 1 aliphatic heterocycles. The van der Waals surface area contributed by atoms with Crippen LogP contribution >= 0.6 is 0 Å². The highest BCUT2D eigenvalue weighted by Crippen LogP contribution is 2.26. The highest BCUT2D eigenvalue weighted by molar-refractivity contribution is 5.79. The van der Waals surface area contributed by atoms with E-state index in [1.165, 1.54) is 0 Å². The second-order valence-corrected chi connectivity index (χ2v) is 3.64. The average Bonchev–Trinajstić information content (AvgIpc) is 2.15. The zero-order chi connectivity index (χ0) is 10.9. The fourth-order valence-electron chi connectivity index (χ4n) is 1.48. The molecule has 0 N–H and O–H groups in total. The maximum atomic E-state index is 12.5. The molecule has 3 nitrogen and oxygen atoms in total. The summed E-state index contributed by atoms with van der Waals surface area (Å²) in [5, 5.41) is 0. The summed E-state index contributed by atoms with van der Waals surface area (Å²) < 4.78 is 25.0. The molecule has 0 spiro atoms. The van der Waals surface area contributed by atoms with Crippen molar-refractivity contribution in [3.63, 3.8) is 0 Å². The minimum Gasteiger partial charge on any atom is -0.330 e. The highest BCUT2D eigenvalue weighted by atomic mass is 19.3. The number of nitrogens with zero attached hydrogens (tertiary/aromatic N) is 2. The van der Waals surface area contributed by atoms with Crippen molar-refractivity contribution in [2.45, 2.75) is 12.3 Å². The zero-order valence-corrected chi connectivity index (χ0v) is 7.99. The molecule has 0 aromatic carbocycles. The molecular formula is C10H10F2N2O. The first-order chi connectivity index (χ1) is 7.07. The smallest absolute Gasteiger partial charge is 0.282 e. The molecule has 0 atom stereocenters. The van der Waals surface area contributed by atoms with Crippen molar-refractivity contribution in [1.29, 1.82) is 0 Å². The summed E-state index contributed by atoms with van der Waals surface area (Å²) in [5.41, 5.74) is 0.748. The van der Waals surface area contributed by atoms with Gasteiger partial charge in [0.05, 0.1) is 19.5 Å².